The second-order valence-electron chi connectivity index (χ2n) is 8.23. The molecular formula is C21H24F3N3O6. The van der Waals surface area contributed by atoms with Crippen LogP contribution in [0.1, 0.15) is 23.8 Å². The van der Waals surface area contributed by atoms with Gasteiger partial charge in [0.2, 0.25) is 18.6 Å². The average Bonchev–Trinajstić information content (AvgIpc) is 3.48. The Morgan fingerprint density at radius 3 is 2.70 bits per heavy atom. The van der Waals surface area contributed by atoms with E-state index in [1.54, 1.807) is 0 Å². The first kappa shape index (κ1) is 23.3. The molecule has 0 saturated carbocycles. The quantitative estimate of drug-likeness (QED) is 0.720. The second kappa shape index (κ2) is 9.56. The number of aryl methyl sites for hydroxylation is 1. The van der Waals surface area contributed by atoms with E-state index < -0.39 is 12.1 Å². The smallest absolute Gasteiger partial charge is 0.475 e. The number of fused-ring (bicyclic) bond motifs is 2. The summed E-state index contributed by atoms with van der Waals surface area (Å²) in [6.07, 6.45) is -3.01. The second-order valence-corrected chi connectivity index (χ2v) is 8.23. The number of carbonyl (C=O) groups is 1. The van der Waals surface area contributed by atoms with Crippen molar-refractivity contribution in [1.29, 1.82) is 0 Å². The Labute approximate surface area is 187 Å². The normalized spacial score (nSPS) is 24.2. The molecule has 3 atom stereocenters. The van der Waals surface area contributed by atoms with E-state index in [4.69, 9.17) is 28.5 Å². The highest BCUT2D eigenvalue weighted by Crippen LogP contribution is 2.37. The predicted octanol–water partition coefficient (Wildman–Crippen LogP) is 2.82. The Bertz CT molecular complexity index is 982. The number of alkyl halides is 3. The van der Waals surface area contributed by atoms with Crippen LogP contribution in [-0.4, -0.2) is 64.9 Å². The monoisotopic (exact) mass is 471 g/mol. The molecule has 180 valence electrons. The number of hydrogen-bond acceptors (Lipinski definition) is 8. The van der Waals surface area contributed by atoms with Crippen LogP contribution in [0.3, 0.4) is 0 Å². The molecule has 2 fully saturated rings. The standard InChI is InChI=1S/C19H23N3O4.C2HF3O2/c1-12-20-21-19(26-12)7-17-15-4-5-22(9-14(15)10-23-17)8-13-2-3-16-18(6-13)25-11-24-16;3-2(4,5)1(6)7/h2-3,6,14-15,17H,4-5,7-11H2,1H3;(H,6,7)/t14-,15-,17+;/m1./s1. The molecule has 2 aromatic rings. The van der Waals surface area contributed by atoms with E-state index in [0.29, 0.717) is 30.4 Å². The van der Waals surface area contributed by atoms with Gasteiger partial charge >= 0.3 is 12.1 Å². The first-order valence-corrected chi connectivity index (χ1v) is 10.5. The fraction of sp³-hybridized carbons (Fsp3) is 0.571. The minimum atomic E-state index is -5.08. The van der Waals surface area contributed by atoms with E-state index in [9.17, 15) is 13.2 Å². The zero-order valence-corrected chi connectivity index (χ0v) is 17.9. The number of piperidine rings is 1. The van der Waals surface area contributed by atoms with Gasteiger partial charge in [0, 0.05) is 25.9 Å². The van der Waals surface area contributed by atoms with Crippen LogP contribution in [0.2, 0.25) is 0 Å². The van der Waals surface area contributed by atoms with E-state index in [-0.39, 0.29) is 6.10 Å². The molecule has 9 nitrogen and oxygen atoms in total. The van der Waals surface area contributed by atoms with Crippen molar-refractivity contribution in [1.82, 2.24) is 15.1 Å². The van der Waals surface area contributed by atoms with Crippen LogP contribution in [0.4, 0.5) is 13.2 Å². The molecule has 1 aromatic heterocycles. The molecule has 0 spiro atoms. The SMILES string of the molecule is Cc1nnc(C[C@@H]2OC[C@H]3CN(Cc4ccc5c(c4)OCO5)CC[C@H]32)o1.O=C(O)C(F)(F)F. The number of hydrogen-bond donors (Lipinski definition) is 1. The highest BCUT2D eigenvalue weighted by atomic mass is 19.4. The van der Waals surface area contributed by atoms with Gasteiger partial charge in [-0.25, -0.2) is 4.79 Å². The molecule has 2 saturated heterocycles. The van der Waals surface area contributed by atoms with Crippen LogP contribution in [0.25, 0.3) is 0 Å². The van der Waals surface area contributed by atoms with Gasteiger partial charge in [-0.3, -0.25) is 4.90 Å². The lowest BCUT2D eigenvalue weighted by Gasteiger charge is -2.35. The molecule has 0 bridgehead atoms. The third kappa shape index (κ3) is 5.74. The highest BCUT2D eigenvalue weighted by molar-refractivity contribution is 5.73. The van der Waals surface area contributed by atoms with Crippen LogP contribution >= 0.6 is 0 Å². The van der Waals surface area contributed by atoms with Gasteiger partial charge in [0.25, 0.3) is 0 Å². The van der Waals surface area contributed by atoms with Crippen LogP contribution in [0, 0.1) is 18.8 Å². The van der Waals surface area contributed by atoms with Gasteiger partial charge in [-0.05, 0) is 36.6 Å². The van der Waals surface area contributed by atoms with Crippen LogP contribution < -0.4 is 9.47 Å². The Balaban J connectivity index is 0.000000325. The first-order valence-electron chi connectivity index (χ1n) is 10.5. The van der Waals surface area contributed by atoms with Crippen molar-refractivity contribution in [2.75, 3.05) is 26.5 Å². The molecule has 5 rings (SSSR count). The summed E-state index contributed by atoms with van der Waals surface area (Å²) in [6.45, 7) is 6.05. The molecule has 3 aliphatic rings. The van der Waals surface area contributed by atoms with Gasteiger partial charge in [-0.2, -0.15) is 13.2 Å². The topological polar surface area (TPSA) is 107 Å². The molecule has 4 heterocycles. The maximum Gasteiger partial charge on any atom is 0.490 e. The zero-order chi connectivity index (χ0) is 23.6. The lowest BCUT2D eigenvalue weighted by molar-refractivity contribution is -0.192. The number of carboxylic acid groups (broad SMARTS) is 1. The fourth-order valence-electron chi connectivity index (χ4n) is 4.41. The summed E-state index contributed by atoms with van der Waals surface area (Å²) in [5.74, 6) is 1.41. The van der Waals surface area contributed by atoms with Crippen LogP contribution in [0.5, 0.6) is 11.5 Å². The summed E-state index contributed by atoms with van der Waals surface area (Å²) in [7, 11) is 0. The predicted molar refractivity (Wildman–Crippen MR) is 106 cm³/mol. The summed E-state index contributed by atoms with van der Waals surface area (Å²) in [6, 6.07) is 6.23. The van der Waals surface area contributed by atoms with Crippen molar-refractivity contribution in [3.8, 4) is 11.5 Å². The average molecular weight is 471 g/mol. The van der Waals surface area contributed by atoms with E-state index in [1.165, 1.54) is 5.56 Å². The zero-order valence-electron chi connectivity index (χ0n) is 17.9. The van der Waals surface area contributed by atoms with Crippen LogP contribution in [0.15, 0.2) is 22.6 Å². The van der Waals surface area contributed by atoms with E-state index in [2.05, 4.69) is 27.2 Å². The third-order valence-electron chi connectivity index (χ3n) is 5.91. The fourth-order valence-corrected chi connectivity index (χ4v) is 4.41. The van der Waals surface area contributed by atoms with E-state index in [1.807, 2.05) is 13.0 Å². The Morgan fingerprint density at radius 2 is 2.00 bits per heavy atom. The van der Waals surface area contributed by atoms with Crippen molar-refractivity contribution in [2.45, 2.75) is 38.6 Å². The van der Waals surface area contributed by atoms with E-state index in [0.717, 1.165) is 50.6 Å². The number of benzene rings is 1. The molecule has 33 heavy (non-hydrogen) atoms. The summed E-state index contributed by atoms with van der Waals surface area (Å²) >= 11 is 0. The maximum atomic E-state index is 10.6. The van der Waals surface area contributed by atoms with E-state index >= 15 is 0 Å². The molecule has 1 aromatic carbocycles. The summed E-state index contributed by atoms with van der Waals surface area (Å²) < 4.78 is 54.2. The Hall–Kier alpha value is -2.86. The summed E-state index contributed by atoms with van der Waals surface area (Å²) in [5, 5.41) is 15.2. The van der Waals surface area contributed by atoms with Gasteiger partial charge in [-0.15, -0.1) is 10.2 Å². The third-order valence-corrected chi connectivity index (χ3v) is 5.91. The largest absolute Gasteiger partial charge is 0.490 e. The molecule has 0 radical (unpaired) electrons. The number of nitrogens with zero attached hydrogens (tertiary/aromatic N) is 3. The van der Waals surface area contributed by atoms with Gasteiger partial charge in [0.15, 0.2) is 11.5 Å². The van der Waals surface area contributed by atoms with Gasteiger partial charge < -0.3 is 23.7 Å². The number of ether oxygens (including phenoxy) is 3. The number of aromatic nitrogens is 2. The number of likely N-dealkylation sites (tertiary alicyclic amines) is 1. The Kier molecular flexibility index (Phi) is 6.75. The first-order chi connectivity index (χ1) is 15.7. The molecule has 3 aliphatic heterocycles. The van der Waals surface area contributed by atoms with Crippen molar-refractivity contribution in [2.24, 2.45) is 11.8 Å². The van der Waals surface area contributed by atoms with Crippen molar-refractivity contribution >= 4 is 5.97 Å². The molecule has 12 heteroatoms. The highest BCUT2D eigenvalue weighted by Gasteiger charge is 2.41. The van der Waals surface area contributed by atoms with Crippen molar-refractivity contribution in [3.63, 3.8) is 0 Å². The van der Waals surface area contributed by atoms with Crippen molar-refractivity contribution < 1.29 is 41.7 Å². The van der Waals surface area contributed by atoms with Crippen molar-refractivity contribution in [3.05, 3.63) is 35.5 Å². The van der Waals surface area contributed by atoms with Gasteiger partial charge in [0.05, 0.1) is 19.1 Å². The maximum absolute atomic E-state index is 10.6. The minimum absolute atomic E-state index is 0.201. The summed E-state index contributed by atoms with van der Waals surface area (Å²) in [5.41, 5.74) is 1.27. The lowest BCUT2D eigenvalue weighted by Crippen LogP contribution is -2.41. The molecule has 1 N–H and O–H groups in total. The number of carboxylic acids is 1. The summed E-state index contributed by atoms with van der Waals surface area (Å²) in [4.78, 5) is 11.4. The van der Waals surface area contributed by atoms with Gasteiger partial charge in [-0.1, -0.05) is 6.07 Å². The Morgan fingerprint density at radius 1 is 1.24 bits per heavy atom. The number of halogens is 3. The van der Waals surface area contributed by atoms with Gasteiger partial charge in [0.1, 0.15) is 0 Å². The number of rotatable bonds is 4. The number of aliphatic carboxylic acids is 1. The lowest BCUT2D eigenvalue weighted by atomic mass is 9.83. The molecule has 0 amide bonds. The molecular weight excluding hydrogens is 447 g/mol. The molecule has 0 aliphatic carbocycles. The molecule has 0 unspecified atom stereocenters. The van der Waals surface area contributed by atoms with Crippen LogP contribution in [-0.2, 0) is 22.5 Å². The minimum Gasteiger partial charge on any atom is -0.475 e.